The average Bonchev–Trinajstić information content (AvgIpc) is 3.18. The minimum absolute atomic E-state index is 0.280. The molecule has 2 aromatic heterocycles. The highest BCUT2D eigenvalue weighted by atomic mass is 16.5. The van der Waals surface area contributed by atoms with Crippen LogP contribution >= 0.6 is 0 Å². The number of aromatic nitrogens is 3. The molecule has 2 heterocycles. The van der Waals surface area contributed by atoms with Gasteiger partial charge in [-0.1, -0.05) is 30.3 Å². The Morgan fingerprint density at radius 2 is 1.70 bits per heavy atom. The number of hydrogen-bond acceptors (Lipinski definition) is 6. The van der Waals surface area contributed by atoms with E-state index in [9.17, 15) is 9.59 Å². The van der Waals surface area contributed by atoms with Crippen LogP contribution in [0.15, 0.2) is 66.9 Å². The molecule has 0 radical (unpaired) electrons. The summed E-state index contributed by atoms with van der Waals surface area (Å²) in [6.07, 6.45) is 1.49. The number of methoxy groups -OCH3 is 1. The first-order chi connectivity index (χ1) is 14.6. The van der Waals surface area contributed by atoms with E-state index in [0.29, 0.717) is 27.9 Å². The molecule has 0 fully saturated rings. The first-order valence-electron chi connectivity index (χ1n) is 9.42. The molecular formula is C23H19N3O4. The molecule has 2 aromatic carbocycles. The Bertz CT molecular complexity index is 1210. The number of rotatable bonds is 5. The van der Waals surface area contributed by atoms with Gasteiger partial charge in [0.25, 0.3) is 0 Å². The summed E-state index contributed by atoms with van der Waals surface area (Å²) in [6.45, 7) is 2.04. The van der Waals surface area contributed by atoms with Gasteiger partial charge in [0, 0.05) is 17.1 Å². The van der Waals surface area contributed by atoms with Crippen LogP contribution in [0.5, 0.6) is 0 Å². The molecule has 0 amide bonds. The molecule has 0 bridgehead atoms. The van der Waals surface area contributed by atoms with Gasteiger partial charge in [0.05, 0.1) is 30.5 Å². The lowest BCUT2D eigenvalue weighted by atomic mass is 10.1. The SMILES string of the molecule is CCOC(=O)c1cnc2c(c1)c(-c1ccc(C(=O)OC)cc1)nn2-c1ccccc1. The summed E-state index contributed by atoms with van der Waals surface area (Å²) in [7, 11) is 1.34. The number of pyridine rings is 1. The number of ether oxygens (including phenoxy) is 2. The van der Waals surface area contributed by atoms with Crippen molar-refractivity contribution in [1.82, 2.24) is 14.8 Å². The Labute approximate surface area is 172 Å². The average molecular weight is 401 g/mol. The second kappa shape index (κ2) is 8.16. The van der Waals surface area contributed by atoms with Crippen LogP contribution < -0.4 is 0 Å². The fourth-order valence-electron chi connectivity index (χ4n) is 3.17. The van der Waals surface area contributed by atoms with Gasteiger partial charge >= 0.3 is 11.9 Å². The quantitative estimate of drug-likeness (QED) is 0.469. The molecule has 7 heteroatoms. The Morgan fingerprint density at radius 1 is 0.967 bits per heavy atom. The highest BCUT2D eigenvalue weighted by Gasteiger charge is 2.18. The maximum atomic E-state index is 12.2. The van der Waals surface area contributed by atoms with Crippen LogP contribution in [0.2, 0.25) is 0 Å². The fraction of sp³-hybridized carbons (Fsp3) is 0.130. The van der Waals surface area contributed by atoms with Gasteiger partial charge in [0.15, 0.2) is 5.65 Å². The number of fused-ring (bicyclic) bond motifs is 1. The maximum absolute atomic E-state index is 12.2. The molecule has 0 aliphatic heterocycles. The number of esters is 2. The molecule has 0 unspecified atom stereocenters. The molecule has 150 valence electrons. The molecule has 0 N–H and O–H groups in total. The summed E-state index contributed by atoms with van der Waals surface area (Å²) in [6, 6.07) is 18.3. The van der Waals surface area contributed by atoms with E-state index in [1.807, 2.05) is 30.3 Å². The van der Waals surface area contributed by atoms with E-state index in [1.165, 1.54) is 13.3 Å². The number of para-hydroxylation sites is 1. The van der Waals surface area contributed by atoms with E-state index >= 15 is 0 Å². The lowest BCUT2D eigenvalue weighted by Crippen LogP contribution is -2.05. The summed E-state index contributed by atoms with van der Waals surface area (Å²) < 4.78 is 11.6. The highest BCUT2D eigenvalue weighted by Crippen LogP contribution is 2.30. The molecule has 7 nitrogen and oxygen atoms in total. The van der Waals surface area contributed by atoms with Gasteiger partial charge in [0.1, 0.15) is 5.69 Å². The zero-order valence-corrected chi connectivity index (χ0v) is 16.5. The van der Waals surface area contributed by atoms with Gasteiger partial charge in [0.2, 0.25) is 0 Å². The summed E-state index contributed by atoms with van der Waals surface area (Å²) >= 11 is 0. The molecule has 0 aliphatic rings. The topological polar surface area (TPSA) is 83.3 Å². The van der Waals surface area contributed by atoms with Crippen LogP contribution in [0.25, 0.3) is 28.0 Å². The molecule has 0 spiro atoms. The zero-order chi connectivity index (χ0) is 21.1. The predicted molar refractivity (Wildman–Crippen MR) is 112 cm³/mol. The van der Waals surface area contributed by atoms with Crippen LogP contribution in [-0.4, -0.2) is 40.4 Å². The van der Waals surface area contributed by atoms with Crippen molar-refractivity contribution < 1.29 is 19.1 Å². The molecule has 30 heavy (non-hydrogen) atoms. The molecule has 0 saturated heterocycles. The van der Waals surface area contributed by atoms with E-state index in [2.05, 4.69) is 4.98 Å². The third-order valence-corrected chi connectivity index (χ3v) is 4.61. The lowest BCUT2D eigenvalue weighted by Gasteiger charge is -2.03. The second-order valence-corrected chi connectivity index (χ2v) is 6.48. The van der Waals surface area contributed by atoms with Crippen molar-refractivity contribution in [3.8, 4) is 16.9 Å². The first-order valence-corrected chi connectivity index (χ1v) is 9.42. The summed E-state index contributed by atoms with van der Waals surface area (Å²) in [5.41, 5.74) is 3.68. The Balaban J connectivity index is 1.89. The predicted octanol–water partition coefficient (Wildman–Crippen LogP) is 4.05. The maximum Gasteiger partial charge on any atom is 0.339 e. The Morgan fingerprint density at radius 3 is 2.37 bits per heavy atom. The highest BCUT2D eigenvalue weighted by molar-refractivity contribution is 5.98. The molecule has 0 atom stereocenters. The van der Waals surface area contributed by atoms with Crippen molar-refractivity contribution in [2.75, 3.05) is 13.7 Å². The van der Waals surface area contributed by atoms with Crippen molar-refractivity contribution in [2.45, 2.75) is 6.92 Å². The van der Waals surface area contributed by atoms with Crippen LogP contribution in [0.1, 0.15) is 27.6 Å². The summed E-state index contributed by atoms with van der Waals surface area (Å²) in [5.74, 6) is -0.848. The fourth-order valence-corrected chi connectivity index (χ4v) is 3.17. The largest absolute Gasteiger partial charge is 0.465 e. The van der Waals surface area contributed by atoms with E-state index < -0.39 is 11.9 Å². The van der Waals surface area contributed by atoms with E-state index in [-0.39, 0.29) is 6.61 Å². The van der Waals surface area contributed by atoms with Crippen LogP contribution in [0, 0.1) is 0 Å². The van der Waals surface area contributed by atoms with Crippen LogP contribution in [-0.2, 0) is 9.47 Å². The van der Waals surface area contributed by atoms with Crippen LogP contribution in [0.4, 0.5) is 0 Å². The standard InChI is InChI=1S/C23H19N3O4/c1-3-30-23(28)17-13-19-20(15-9-11-16(12-10-15)22(27)29-2)25-26(21(19)24-14-17)18-7-5-4-6-8-18/h4-14H,3H2,1-2H3. The van der Waals surface area contributed by atoms with Gasteiger partial charge in [-0.05, 0) is 37.3 Å². The third kappa shape index (κ3) is 3.53. The van der Waals surface area contributed by atoms with Gasteiger partial charge in [-0.2, -0.15) is 5.10 Å². The van der Waals surface area contributed by atoms with Crippen molar-refractivity contribution in [3.63, 3.8) is 0 Å². The minimum Gasteiger partial charge on any atom is -0.465 e. The smallest absolute Gasteiger partial charge is 0.339 e. The van der Waals surface area contributed by atoms with Crippen molar-refractivity contribution in [2.24, 2.45) is 0 Å². The van der Waals surface area contributed by atoms with Crippen molar-refractivity contribution >= 4 is 23.0 Å². The third-order valence-electron chi connectivity index (χ3n) is 4.61. The summed E-state index contributed by atoms with van der Waals surface area (Å²) in [4.78, 5) is 28.5. The number of nitrogens with zero attached hydrogens (tertiary/aromatic N) is 3. The number of carbonyl (C=O) groups is 2. The molecular weight excluding hydrogens is 382 g/mol. The van der Waals surface area contributed by atoms with Gasteiger partial charge in [-0.25, -0.2) is 19.3 Å². The molecule has 4 rings (SSSR count). The zero-order valence-electron chi connectivity index (χ0n) is 16.5. The van der Waals surface area contributed by atoms with Crippen LogP contribution in [0.3, 0.4) is 0 Å². The van der Waals surface area contributed by atoms with E-state index in [1.54, 1.807) is 41.9 Å². The van der Waals surface area contributed by atoms with Gasteiger partial charge in [-0.15, -0.1) is 0 Å². The lowest BCUT2D eigenvalue weighted by molar-refractivity contribution is 0.0525. The Kier molecular flexibility index (Phi) is 5.26. The van der Waals surface area contributed by atoms with E-state index in [4.69, 9.17) is 14.6 Å². The number of benzene rings is 2. The Hall–Kier alpha value is -4.00. The molecule has 0 saturated carbocycles. The number of hydrogen-bond donors (Lipinski definition) is 0. The molecule has 4 aromatic rings. The summed E-state index contributed by atoms with van der Waals surface area (Å²) in [5, 5.41) is 5.46. The second-order valence-electron chi connectivity index (χ2n) is 6.48. The van der Waals surface area contributed by atoms with E-state index in [0.717, 1.165) is 11.3 Å². The minimum atomic E-state index is -0.439. The normalized spacial score (nSPS) is 10.7. The first kappa shape index (κ1) is 19.3. The van der Waals surface area contributed by atoms with Crippen molar-refractivity contribution in [1.29, 1.82) is 0 Å². The number of carbonyl (C=O) groups excluding carboxylic acids is 2. The monoisotopic (exact) mass is 401 g/mol. The van der Waals surface area contributed by atoms with Gasteiger partial charge < -0.3 is 9.47 Å². The van der Waals surface area contributed by atoms with Crippen molar-refractivity contribution in [3.05, 3.63) is 78.0 Å². The van der Waals surface area contributed by atoms with Gasteiger partial charge in [-0.3, -0.25) is 0 Å². The molecule has 0 aliphatic carbocycles.